The SMILES string of the molecule is CSc1c(F)c(F)c(N2CCN(c3nc(OCC4CCCN4C)nc4c3CCN(c3cccc5cccc(Cl)c35)C4)CC2)c(F)c1F. The third-order valence-electron chi connectivity index (χ3n) is 9.57. The normalized spacial score (nSPS) is 18.7. The van der Waals surface area contributed by atoms with Crippen LogP contribution in [-0.4, -0.2) is 80.1 Å². The highest BCUT2D eigenvalue weighted by Crippen LogP contribution is 2.39. The topological polar surface area (TPSA) is 48.0 Å². The van der Waals surface area contributed by atoms with Gasteiger partial charge in [-0.05, 0) is 56.6 Å². The van der Waals surface area contributed by atoms with E-state index in [1.165, 1.54) is 11.2 Å². The highest BCUT2D eigenvalue weighted by molar-refractivity contribution is 7.98. The molecular weight excluding hydrogens is 652 g/mol. The van der Waals surface area contributed by atoms with Crippen molar-refractivity contribution in [1.29, 1.82) is 0 Å². The van der Waals surface area contributed by atoms with Crippen LogP contribution in [0.1, 0.15) is 24.1 Å². The number of nitrogens with zero attached hydrogens (tertiary/aromatic N) is 6. The number of piperazine rings is 1. The lowest BCUT2D eigenvalue weighted by Crippen LogP contribution is -2.48. The first-order valence-corrected chi connectivity index (χ1v) is 17.4. The van der Waals surface area contributed by atoms with Gasteiger partial charge in [0.05, 0.1) is 22.2 Å². The summed E-state index contributed by atoms with van der Waals surface area (Å²) >= 11 is 7.31. The molecule has 3 aliphatic rings. The Morgan fingerprint density at radius 1 is 0.872 bits per heavy atom. The van der Waals surface area contributed by atoms with E-state index in [1.54, 1.807) is 0 Å². The van der Waals surface area contributed by atoms with Crippen molar-refractivity contribution in [2.24, 2.45) is 0 Å². The lowest BCUT2D eigenvalue weighted by Gasteiger charge is -2.39. The summed E-state index contributed by atoms with van der Waals surface area (Å²) < 4.78 is 65.5. The highest BCUT2D eigenvalue weighted by atomic mass is 35.5. The van der Waals surface area contributed by atoms with Crippen molar-refractivity contribution >= 4 is 51.3 Å². The predicted octanol–water partition coefficient (Wildman–Crippen LogP) is 6.92. The zero-order valence-corrected chi connectivity index (χ0v) is 27.8. The second kappa shape index (κ2) is 13.2. The maximum atomic E-state index is 15.0. The molecule has 7 rings (SSSR count). The standard InChI is InChI=1S/C34H35ClF4N6OS/c1-42-12-5-8-21(42)19-46-34-40-24-18-45(25-10-4-7-20-6-3-9-23(35)26(20)25)13-11-22(24)33(41-34)44-16-14-43(15-17-44)31-27(36)29(38)32(47-2)30(39)28(31)37/h3-4,6-7,9-10,21H,5,8,11-19H2,1-2H3. The summed E-state index contributed by atoms with van der Waals surface area (Å²) in [5, 5.41) is 2.73. The number of likely N-dealkylation sites (tertiary alicyclic amines) is 1. The fraction of sp³-hybridized carbons (Fsp3) is 0.412. The summed E-state index contributed by atoms with van der Waals surface area (Å²) in [7, 11) is 2.09. The van der Waals surface area contributed by atoms with Crippen molar-refractivity contribution in [3.63, 3.8) is 0 Å². The highest BCUT2D eigenvalue weighted by Gasteiger charge is 2.33. The fourth-order valence-corrected chi connectivity index (χ4v) is 7.84. The number of thioether (sulfide) groups is 1. The van der Waals surface area contributed by atoms with Gasteiger partial charge in [0.1, 0.15) is 18.1 Å². The van der Waals surface area contributed by atoms with Gasteiger partial charge in [-0.2, -0.15) is 9.97 Å². The molecule has 0 amide bonds. The van der Waals surface area contributed by atoms with Gasteiger partial charge in [-0.25, -0.2) is 17.6 Å². The van der Waals surface area contributed by atoms with Crippen molar-refractivity contribution in [1.82, 2.24) is 14.9 Å². The van der Waals surface area contributed by atoms with Crippen LogP contribution in [0.5, 0.6) is 6.01 Å². The van der Waals surface area contributed by atoms with E-state index >= 15 is 8.78 Å². The number of likely N-dealkylation sites (N-methyl/N-ethyl adjacent to an activating group) is 1. The Hall–Kier alpha value is -3.48. The molecule has 3 aromatic carbocycles. The predicted molar refractivity (Wildman–Crippen MR) is 179 cm³/mol. The zero-order valence-electron chi connectivity index (χ0n) is 26.2. The smallest absolute Gasteiger partial charge is 0.318 e. The van der Waals surface area contributed by atoms with Crippen LogP contribution in [0.25, 0.3) is 10.8 Å². The van der Waals surface area contributed by atoms with Gasteiger partial charge >= 0.3 is 6.01 Å². The first-order chi connectivity index (χ1) is 22.7. The molecule has 2 saturated heterocycles. The van der Waals surface area contributed by atoms with Crippen molar-refractivity contribution in [2.45, 2.75) is 36.7 Å². The molecule has 2 fully saturated rings. The van der Waals surface area contributed by atoms with E-state index in [9.17, 15) is 8.78 Å². The van der Waals surface area contributed by atoms with Crippen LogP contribution in [0.3, 0.4) is 0 Å². The molecule has 0 spiro atoms. The molecule has 1 atom stereocenters. The van der Waals surface area contributed by atoms with E-state index in [2.05, 4.69) is 27.8 Å². The van der Waals surface area contributed by atoms with E-state index in [4.69, 9.17) is 26.3 Å². The summed E-state index contributed by atoms with van der Waals surface area (Å²) in [6.45, 7) is 3.68. The molecule has 0 N–H and O–H groups in total. The summed E-state index contributed by atoms with van der Waals surface area (Å²) in [6, 6.07) is 12.6. The van der Waals surface area contributed by atoms with Crippen LogP contribution in [-0.2, 0) is 13.0 Å². The maximum absolute atomic E-state index is 15.0. The molecule has 248 valence electrons. The molecule has 1 aromatic heterocycles. The minimum absolute atomic E-state index is 0.147. The molecule has 3 aliphatic heterocycles. The number of ether oxygens (including phenoxy) is 1. The molecule has 4 heterocycles. The number of benzene rings is 3. The first kappa shape index (κ1) is 32.1. The second-order valence-electron chi connectivity index (χ2n) is 12.2. The van der Waals surface area contributed by atoms with Crippen LogP contribution in [0.15, 0.2) is 41.3 Å². The Bertz CT molecular complexity index is 1790. The number of anilines is 3. The van der Waals surface area contributed by atoms with Gasteiger partial charge in [0, 0.05) is 55.4 Å². The van der Waals surface area contributed by atoms with E-state index in [0.29, 0.717) is 56.0 Å². The summed E-state index contributed by atoms with van der Waals surface area (Å²) in [6.07, 6.45) is 4.19. The minimum atomic E-state index is -1.37. The first-order valence-electron chi connectivity index (χ1n) is 15.8. The van der Waals surface area contributed by atoms with Crippen LogP contribution in [0.2, 0.25) is 5.02 Å². The molecule has 0 aliphatic carbocycles. The summed E-state index contributed by atoms with van der Waals surface area (Å²) in [5.74, 6) is -4.77. The van der Waals surface area contributed by atoms with E-state index in [0.717, 1.165) is 52.9 Å². The molecule has 47 heavy (non-hydrogen) atoms. The Kier molecular flexibility index (Phi) is 9.01. The molecule has 0 saturated carbocycles. The Morgan fingerprint density at radius 2 is 1.57 bits per heavy atom. The van der Waals surface area contributed by atoms with Crippen molar-refractivity contribution in [3.8, 4) is 6.01 Å². The van der Waals surface area contributed by atoms with Gasteiger partial charge in [-0.3, -0.25) is 0 Å². The largest absolute Gasteiger partial charge is 0.462 e. The monoisotopic (exact) mass is 686 g/mol. The second-order valence-corrected chi connectivity index (χ2v) is 13.5. The number of hydrogen-bond donors (Lipinski definition) is 0. The van der Waals surface area contributed by atoms with Crippen LogP contribution in [0.4, 0.5) is 34.8 Å². The van der Waals surface area contributed by atoms with Crippen LogP contribution >= 0.6 is 23.4 Å². The van der Waals surface area contributed by atoms with Gasteiger partial charge < -0.3 is 24.3 Å². The molecule has 7 nitrogen and oxygen atoms in total. The van der Waals surface area contributed by atoms with Crippen molar-refractivity contribution < 1.29 is 22.3 Å². The van der Waals surface area contributed by atoms with Gasteiger partial charge in [-0.15, -0.1) is 11.8 Å². The number of aromatic nitrogens is 2. The Morgan fingerprint density at radius 3 is 2.26 bits per heavy atom. The van der Waals surface area contributed by atoms with Crippen LogP contribution < -0.4 is 19.4 Å². The van der Waals surface area contributed by atoms with Crippen molar-refractivity contribution in [2.75, 3.05) is 73.9 Å². The van der Waals surface area contributed by atoms with E-state index < -0.39 is 33.9 Å². The van der Waals surface area contributed by atoms with Gasteiger partial charge in [0.15, 0.2) is 23.3 Å². The third kappa shape index (κ3) is 5.93. The Balaban J connectivity index is 1.18. The lowest BCUT2D eigenvalue weighted by molar-refractivity contribution is 0.187. The third-order valence-corrected chi connectivity index (χ3v) is 10.7. The summed E-state index contributed by atoms with van der Waals surface area (Å²) in [5.41, 5.74) is 2.19. The molecule has 0 bridgehead atoms. The molecule has 1 unspecified atom stereocenters. The molecule has 0 radical (unpaired) electrons. The average molecular weight is 687 g/mol. The number of fused-ring (bicyclic) bond motifs is 2. The number of hydrogen-bond acceptors (Lipinski definition) is 8. The summed E-state index contributed by atoms with van der Waals surface area (Å²) in [4.78, 5) is 17.1. The zero-order chi connectivity index (χ0) is 32.8. The van der Waals surface area contributed by atoms with Gasteiger partial charge in [0.25, 0.3) is 0 Å². The fourth-order valence-electron chi connectivity index (χ4n) is 7.02. The number of halogens is 5. The van der Waals surface area contributed by atoms with E-state index in [1.807, 2.05) is 30.3 Å². The lowest BCUT2D eigenvalue weighted by atomic mass is 10.0. The molecule has 13 heteroatoms. The van der Waals surface area contributed by atoms with Gasteiger partial charge in [-0.1, -0.05) is 35.9 Å². The van der Waals surface area contributed by atoms with E-state index in [-0.39, 0.29) is 25.1 Å². The minimum Gasteiger partial charge on any atom is -0.462 e. The molecule has 4 aromatic rings. The van der Waals surface area contributed by atoms with Gasteiger partial charge in [0.2, 0.25) is 0 Å². The maximum Gasteiger partial charge on any atom is 0.318 e. The van der Waals surface area contributed by atoms with Crippen LogP contribution in [0, 0.1) is 23.3 Å². The molecular formula is C34H35ClF4N6OS. The van der Waals surface area contributed by atoms with Crippen molar-refractivity contribution in [3.05, 3.63) is 75.9 Å². The average Bonchev–Trinajstić information content (AvgIpc) is 3.50. The Labute approximate surface area is 280 Å². The quantitative estimate of drug-likeness (QED) is 0.118. The number of rotatable bonds is 7.